The Labute approximate surface area is 58.8 Å². The van der Waals surface area contributed by atoms with E-state index in [1.807, 2.05) is 0 Å². The van der Waals surface area contributed by atoms with Crippen LogP contribution in [0.5, 0.6) is 0 Å². The van der Waals surface area contributed by atoms with Gasteiger partial charge in [-0.3, -0.25) is 4.79 Å². The van der Waals surface area contributed by atoms with E-state index in [-0.39, 0.29) is 12.3 Å². The molecule has 3 nitrogen and oxygen atoms in total. The molecule has 0 bridgehead atoms. The van der Waals surface area contributed by atoms with Gasteiger partial charge in [0.1, 0.15) is 5.76 Å². The standard InChI is InChI=1S/C7H9NO2/c1-5-6(2-3-10-5)7(9)4-8/h2-3H,4,8H2,1H3. The average molecular weight is 139 g/mol. The molecule has 1 aromatic heterocycles. The maximum absolute atomic E-state index is 10.9. The predicted octanol–water partition coefficient (Wildman–Crippen LogP) is 0.729. The maximum Gasteiger partial charge on any atom is 0.179 e. The molecular formula is C7H9NO2. The van der Waals surface area contributed by atoms with E-state index in [9.17, 15) is 4.79 Å². The van der Waals surface area contributed by atoms with Crippen molar-refractivity contribution in [1.29, 1.82) is 0 Å². The van der Waals surface area contributed by atoms with Crippen LogP contribution in [0.4, 0.5) is 0 Å². The largest absolute Gasteiger partial charge is 0.469 e. The van der Waals surface area contributed by atoms with Gasteiger partial charge in [-0.05, 0) is 13.0 Å². The Morgan fingerprint density at radius 1 is 1.80 bits per heavy atom. The van der Waals surface area contributed by atoms with Crippen LogP contribution in [-0.2, 0) is 0 Å². The lowest BCUT2D eigenvalue weighted by atomic mass is 10.2. The number of hydrogen-bond acceptors (Lipinski definition) is 3. The number of furan rings is 1. The van der Waals surface area contributed by atoms with Gasteiger partial charge in [0.15, 0.2) is 5.78 Å². The van der Waals surface area contributed by atoms with Crippen LogP contribution in [-0.4, -0.2) is 12.3 Å². The molecule has 3 heteroatoms. The zero-order valence-corrected chi connectivity index (χ0v) is 5.76. The van der Waals surface area contributed by atoms with Crippen LogP contribution in [0.2, 0.25) is 0 Å². The van der Waals surface area contributed by atoms with Crippen molar-refractivity contribution in [3.63, 3.8) is 0 Å². The van der Waals surface area contributed by atoms with Gasteiger partial charge in [-0.15, -0.1) is 0 Å². The average Bonchev–Trinajstić information content (AvgIpc) is 2.34. The molecule has 0 atom stereocenters. The lowest BCUT2D eigenvalue weighted by Crippen LogP contribution is -2.13. The molecule has 0 spiro atoms. The van der Waals surface area contributed by atoms with Gasteiger partial charge in [0.2, 0.25) is 0 Å². The van der Waals surface area contributed by atoms with Gasteiger partial charge in [0.05, 0.1) is 18.4 Å². The Bertz CT molecular complexity index is 240. The first-order chi connectivity index (χ1) is 4.75. The summed E-state index contributed by atoms with van der Waals surface area (Å²) in [6, 6.07) is 1.63. The first-order valence-corrected chi connectivity index (χ1v) is 3.03. The second kappa shape index (κ2) is 2.66. The minimum absolute atomic E-state index is 0.0420. The van der Waals surface area contributed by atoms with Crippen molar-refractivity contribution in [1.82, 2.24) is 0 Å². The van der Waals surface area contributed by atoms with Crippen LogP contribution in [0, 0.1) is 6.92 Å². The van der Waals surface area contributed by atoms with E-state index in [1.54, 1.807) is 13.0 Å². The summed E-state index contributed by atoms with van der Waals surface area (Å²) in [5.41, 5.74) is 5.73. The number of nitrogens with two attached hydrogens (primary N) is 1. The van der Waals surface area contributed by atoms with E-state index in [0.717, 1.165) is 0 Å². The Morgan fingerprint density at radius 3 is 2.90 bits per heavy atom. The van der Waals surface area contributed by atoms with E-state index in [4.69, 9.17) is 10.2 Å². The quantitative estimate of drug-likeness (QED) is 0.614. The molecule has 0 aliphatic rings. The van der Waals surface area contributed by atoms with Gasteiger partial charge in [0, 0.05) is 0 Å². The highest BCUT2D eigenvalue weighted by Crippen LogP contribution is 2.08. The number of rotatable bonds is 2. The van der Waals surface area contributed by atoms with Gasteiger partial charge in [0.25, 0.3) is 0 Å². The summed E-state index contributed by atoms with van der Waals surface area (Å²) in [5.74, 6) is 0.557. The number of ketones is 1. The molecule has 1 rings (SSSR count). The van der Waals surface area contributed by atoms with E-state index in [0.29, 0.717) is 11.3 Å². The van der Waals surface area contributed by atoms with E-state index in [2.05, 4.69) is 0 Å². The number of aryl methyl sites for hydroxylation is 1. The molecule has 0 unspecified atom stereocenters. The summed E-state index contributed by atoms with van der Waals surface area (Å²) in [7, 11) is 0. The fourth-order valence-corrected chi connectivity index (χ4v) is 0.784. The highest BCUT2D eigenvalue weighted by molar-refractivity contribution is 5.98. The summed E-state index contributed by atoms with van der Waals surface area (Å²) in [5, 5.41) is 0. The Hall–Kier alpha value is -1.09. The molecule has 10 heavy (non-hydrogen) atoms. The lowest BCUT2D eigenvalue weighted by Gasteiger charge is -1.91. The van der Waals surface area contributed by atoms with E-state index in [1.165, 1.54) is 6.26 Å². The molecule has 0 saturated carbocycles. The molecule has 2 N–H and O–H groups in total. The molecule has 0 fully saturated rings. The van der Waals surface area contributed by atoms with Gasteiger partial charge >= 0.3 is 0 Å². The number of Topliss-reactive ketones (excluding diaryl/α,β-unsaturated/α-hetero) is 1. The molecule has 0 amide bonds. The van der Waals surface area contributed by atoms with Gasteiger partial charge in [-0.25, -0.2) is 0 Å². The number of carbonyl (C=O) groups excluding carboxylic acids is 1. The van der Waals surface area contributed by atoms with Crippen LogP contribution in [0.25, 0.3) is 0 Å². The van der Waals surface area contributed by atoms with Crippen molar-refractivity contribution in [3.8, 4) is 0 Å². The molecule has 0 aromatic carbocycles. The summed E-state index contributed by atoms with van der Waals surface area (Å²) in [6.07, 6.45) is 1.48. The minimum Gasteiger partial charge on any atom is -0.469 e. The van der Waals surface area contributed by atoms with Crippen molar-refractivity contribution in [2.75, 3.05) is 6.54 Å². The van der Waals surface area contributed by atoms with Crippen LogP contribution in [0.15, 0.2) is 16.7 Å². The predicted molar refractivity (Wildman–Crippen MR) is 36.8 cm³/mol. The fourth-order valence-electron chi connectivity index (χ4n) is 0.784. The smallest absolute Gasteiger partial charge is 0.179 e. The molecule has 1 aromatic rings. The third kappa shape index (κ3) is 1.09. The summed E-state index contributed by atoms with van der Waals surface area (Å²) in [6.45, 7) is 1.78. The Morgan fingerprint density at radius 2 is 2.50 bits per heavy atom. The SMILES string of the molecule is Cc1occc1C(=O)CN. The van der Waals surface area contributed by atoms with Gasteiger partial charge < -0.3 is 10.2 Å². The van der Waals surface area contributed by atoms with E-state index >= 15 is 0 Å². The minimum atomic E-state index is -0.0775. The highest BCUT2D eigenvalue weighted by Gasteiger charge is 2.07. The lowest BCUT2D eigenvalue weighted by molar-refractivity contribution is 0.1000. The second-order valence-electron chi connectivity index (χ2n) is 2.02. The number of carbonyl (C=O) groups is 1. The van der Waals surface area contributed by atoms with Crippen molar-refractivity contribution in [2.45, 2.75) is 6.92 Å². The first kappa shape index (κ1) is 7.02. The normalized spacial score (nSPS) is 9.80. The first-order valence-electron chi connectivity index (χ1n) is 3.03. The van der Waals surface area contributed by atoms with Gasteiger partial charge in [-0.2, -0.15) is 0 Å². The maximum atomic E-state index is 10.9. The highest BCUT2D eigenvalue weighted by atomic mass is 16.3. The molecule has 0 aliphatic heterocycles. The zero-order chi connectivity index (χ0) is 7.56. The number of hydrogen-bond donors (Lipinski definition) is 1. The van der Waals surface area contributed by atoms with Crippen molar-refractivity contribution >= 4 is 5.78 Å². The van der Waals surface area contributed by atoms with Crippen LogP contribution < -0.4 is 5.73 Å². The molecule has 0 radical (unpaired) electrons. The molecule has 1 heterocycles. The van der Waals surface area contributed by atoms with Crippen LogP contribution in [0.1, 0.15) is 16.1 Å². The molecule has 0 saturated heterocycles. The molecular weight excluding hydrogens is 130 g/mol. The van der Waals surface area contributed by atoms with Crippen molar-refractivity contribution in [2.24, 2.45) is 5.73 Å². The molecule has 0 aliphatic carbocycles. The van der Waals surface area contributed by atoms with Gasteiger partial charge in [-0.1, -0.05) is 0 Å². The van der Waals surface area contributed by atoms with Crippen molar-refractivity contribution < 1.29 is 9.21 Å². The zero-order valence-electron chi connectivity index (χ0n) is 5.76. The van der Waals surface area contributed by atoms with Crippen molar-refractivity contribution in [3.05, 3.63) is 23.7 Å². The second-order valence-corrected chi connectivity index (χ2v) is 2.02. The Balaban J connectivity index is 2.93. The monoisotopic (exact) mass is 139 g/mol. The summed E-state index contributed by atoms with van der Waals surface area (Å²) in [4.78, 5) is 10.9. The fraction of sp³-hybridized carbons (Fsp3) is 0.286. The third-order valence-corrected chi connectivity index (χ3v) is 1.34. The van der Waals surface area contributed by atoms with Crippen LogP contribution in [0.3, 0.4) is 0 Å². The van der Waals surface area contributed by atoms with E-state index < -0.39 is 0 Å². The third-order valence-electron chi connectivity index (χ3n) is 1.34. The summed E-state index contributed by atoms with van der Waals surface area (Å²) >= 11 is 0. The topological polar surface area (TPSA) is 56.2 Å². The Kier molecular flexibility index (Phi) is 1.87. The molecule has 54 valence electrons. The summed E-state index contributed by atoms with van der Waals surface area (Å²) < 4.78 is 4.91. The van der Waals surface area contributed by atoms with Crippen LogP contribution >= 0.6 is 0 Å².